The average Bonchev–Trinajstić information content (AvgIpc) is 3.00. The van der Waals surface area contributed by atoms with Gasteiger partial charge < -0.3 is 16.2 Å². The standard InChI is InChI=1S/C18H18N2O3/c19-17(21)16-15(11-6-2-1-3-7-11)14(10-20-16)12-8-4-5-9-13(12)18(22)23/h1-9,14-16,20H,10H2,(H2,19,21)(H,22,23)/t14?,15-,16-/m0/s1. The lowest BCUT2D eigenvalue weighted by molar-refractivity contribution is -0.120. The molecule has 0 bridgehead atoms. The topological polar surface area (TPSA) is 92.4 Å². The highest BCUT2D eigenvalue weighted by Gasteiger charge is 2.41. The van der Waals surface area contributed by atoms with Crippen molar-refractivity contribution in [3.63, 3.8) is 0 Å². The van der Waals surface area contributed by atoms with Crippen LogP contribution in [-0.2, 0) is 4.79 Å². The minimum absolute atomic E-state index is 0.123. The summed E-state index contributed by atoms with van der Waals surface area (Å²) in [5, 5.41) is 12.6. The highest BCUT2D eigenvalue weighted by Crippen LogP contribution is 2.40. The maximum absolute atomic E-state index is 11.8. The first-order valence-corrected chi connectivity index (χ1v) is 7.49. The van der Waals surface area contributed by atoms with Crippen molar-refractivity contribution >= 4 is 11.9 Å². The Morgan fingerprint density at radius 2 is 1.70 bits per heavy atom. The zero-order chi connectivity index (χ0) is 16.4. The zero-order valence-corrected chi connectivity index (χ0v) is 12.5. The Morgan fingerprint density at radius 1 is 1.04 bits per heavy atom. The average molecular weight is 310 g/mol. The van der Waals surface area contributed by atoms with Crippen LogP contribution in [0.3, 0.4) is 0 Å². The third-order valence-electron chi connectivity index (χ3n) is 4.43. The maximum atomic E-state index is 11.8. The highest BCUT2D eigenvalue weighted by molar-refractivity contribution is 5.90. The van der Waals surface area contributed by atoms with E-state index >= 15 is 0 Å². The number of hydrogen-bond donors (Lipinski definition) is 3. The van der Waals surface area contributed by atoms with Gasteiger partial charge in [-0.3, -0.25) is 4.79 Å². The van der Waals surface area contributed by atoms with Crippen molar-refractivity contribution in [3.05, 3.63) is 71.3 Å². The molecule has 0 aliphatic carbocycles. The van der Waals surface area contributed by atoms with Crippen LogP contribution >= 0.6 is 0 Å². The molecule has 0 aromatic heterocycles. The molecule has 4 N–H and O–H groups in total. The molecule has 0 saturated carbocycles. The van der Waals surface area contributed by atoms with Gasteiger partial charge in [0, 0.05) is 18.4 Å². The molecule has 1 heterocycles. The summed E-state index contributed by atoms with van der Waals surface area (Å²) in [6, 6.07) is 16.0. The van der Waals surface area contributed by atoms with Gasteiger partial charge in [-0.05, 0) is 17.2 Å². The van der Waals surface area contributed by atoms with Crippen LogP contribution in [0, 0.1) is 0 Å². The molecule has 2 aromatic carbocycles. The molecule has 1 amide bonds. The number of benzene rings is 2. The van der Waals surface area contributed by atoms with Crippen LogP contribution in [0.4, 0.5) is 0 Å². The molecule has 5 heteroatoms. The Morgan fingerprint density at radius 3 is 2.35 bits per heavy atom. The van der Waals surface area contributed by atoms with E-state index in [0.717, 1.165) is 11.1 Å². The molecular weight excluding hydrogens is 292 g/mol. The summed E-state index contributed by atoms with van der Waals surface area (Å²) in [4.78, 5) is 23.3. The molecule has 2 aromatic rings. The predicted molar refractivity (Wildman–Crippen MR) is 86.3 cm³/mol. The molecule has 5 nitrogen and oxygen atoms in total. The van der Waals surface area contributed by atoms with Crippen LogP contribution in [0.2, 0.25) is 0 Å². The Labute approximate surface area is 134 Å². The Kier molecular flexibility index (Phi) is 4.12. The van der Waals surface area contributed by atoms with Crippen LogP contribution in [0.5, 0.6) is 0 Å². The lowest BCUT2D eigenvalue weighted by Crippen LogP contribution is -2.39. The molecule has 0 spiro atoms. The third kappa shape index (κ3) is 2.83. The van der Waals surface area contributed by atoms with Crippen molar-refractivity contribution in [2.45, 2.75) is 17.9 Å². The van der Waals surface area contributed by atoms with Crippen LogP contribution in [0.15, 0.2) is 54.6 Å². The van der Waals surface area contributed by atoms with Crippen molar-refractivity contribution in [2.24, 2.45) is 5.73 Å². The van der Waals surface area contributed by atoms with Gasteiger partial charge in [0.15, 0.2) is 0 Å². The molecule has 1 aliphatic rings. The second-order valence-electron chi connectivity index (χ2n) is 5.72. The van der Waals surface area contributed by atoms with E-state index in [2.05, 4.69) is 5.32 Å². The molecule has 118 valence electrons. The van der Waals surface area contributed by atoms with E-state index in [1.54, 1.807) is 12.1 Å². The van der Waals surface area contributed by atoms with Crippen LogP contribution in [0.25, 0.3) is 0 Å². The highest BCUT2D eigenvalue weighted by atomic mass is 16.4. The number of hydrogen-bond acceptors (Lipinski definition) is 3. The first kappa shape index (κ1) is 15.2. The van der Waals surface area contributed by atoms with Crippen molar-refractivity contribution < 1.29 is 14.7 Å². The lowest BCUT2D eigenvalue weighted by Gasteiger charge is -2.24. The number of rotatable bonds is 4. The molecular formula is C18H18N2O3. The molecule has 1 fully saturated rings. The SMILES string of the molecule is NC(=O)[C@H]1NCC(c2ccccc2C(=O)O)[C@@H]1c1ccccc1. The summed E-state index contributed by atoms with van der Waals surface area (Å²) in [6.07, 6.45) is 0. The number of amides is 1. The van der Waals surface area contributed by atoms with Crippen molar-refractivity contribution in [2.75, 3.05) is 6.54 Å². The summed E-state index contributed by atoms with van der Waals surface area (Å²) >= 11 is 0. The molecule has 1 saturated heterocycles. The van der Waals surface area contributed by atoms with Crippen LogP contribution in [0.1, 0.15) is 33.3 Å². The molecule has 1 unspecified atom stereocenters. The molecule has 23 heavy (non-hydrogen) atoms. The van der Waals surface area contributed by atoms with E-state index in [-0.39, 0.29) is 17.4 Å². The van der Waals surface area contributed by atoms with Gasteiger partial charge in [0.2, 0.25) is 5.91 Å². The fourth-order valence-corrected chi connectivity index (χ4v) is 3.44. The summed E-state index contributed by atoms with van der Waals surface area (Å²) < 4.78 is 0. The minimum atomic E-state index is -0.963. The summed E-state index contributed by atoms with van der Waals surface area (Å²) in [5.74, 6) is -1.69. The third-order valence-corrected chi connectivity index (χ3v) is 4.43. The lowest BCUT2D eigenvalue weighted by atomic mass is 9.79. The number of carbonyl (C=O) groups is 2. The number of carbonyl (C=O) groups excluding carboxylic acids is 1. The van der Waals surface area contributed by atoms with Gasteiger partial charge >= 0.3 is 5.97 Å². The fraction of sp³-hybridized carbons (Fsp3) is 0.222. The number of aromatic carboxylic acids is 1. The van der Waals surface area contributed by atoms with Gasteiger partial charge in [0.25, 0.3) is 0 Å². The fourth-order valence-electron chi connectivity index (χ4n) is 3.44. The van der Waals surface area contributed by atoms with Gasteiger partial charge in [-0.15, -0.1) is 0 Å². The van der Waals surface area contributed by atoms with Gasteiger partial charge in [0.05, 0.1) is 11.6 Å². The molecule has 0 radical (unpaired) electrons. The van der Waals surface area contributed by atoms with Crippen molar-refractivity contribution in [1.29, 1.82) is 0 Å². The van der Waals surface area contributed by atoms with E-state index in [0.29, 0.717) is 6.54 Å². The van der Waals surface area contributed by atoms with Crippen LogP contribution < -0.4 is 11.1 Å². The van der Waals surface area contributed by atoms with Gasteiger partial charge in [-0.25, -0.2) is 4.79 Å². The maximum Gasteiger partial charge on any atom is 0.335 e. The smallest absolute Gasteiger partial charge is 0.335 e. The summed E-state index contributed by atoms with van der Waals surface area (Å²) in [6.45, 7) is 0.511. The van der Waals surface area contributed by atoms with Crippen molar-refractivity contribution in [1.82, 2.24) is 5.32 Å². The number of primary amides is 1. The minimum Gasteiger partial charge on any atom is -0.478 e. The largest absolute Gasteiger partial charge is 0.478 e. The second kappa shape index (κ2) is 6.22. The van der Waals surface area contributed by atoms with E-state index < -0.39 is 17.9 Å². The molecule has 3 atom stereocenters. The zero-order valence-electron chi connectivity index (χ0n) is 12.5. The van der Waals surface area contributed by atoms with E-state index in [1.165, 1.54) is 0 Å². The summed E-state index contributed by atoms with van der Waals surface area (Å²) in [5.41, 5.74) is 7.52. The van der Waals surface area contributed by atoms with E-state index in [4.69, 9.17) is 5.73 Å². The number of carboxylic acid groups (broad SMARTS) is 1. The first-order chi connectivity index (χ1) is 11.1. The van der Waals surface area contributed by atoms with Crippen molar-refractivity contribution in [3.8, 4) is 0 Å². The monoisotopic (exact) mass is 310 g/mol. The first-order valence-electron chi connectivity index (χ1n) is 7.49. The second-order valence-corrected chi connectivity index (χ2v) is 5.72. The predicted octanol–water partition coefficient (Wildman–Crippen LogP) is 1.71. The quantitative estimate of drug-likeness (QED) is 0.801. The van der Waals surface area contributed by atoms with E-state index in [9.17, 15) is 14.7 Å². The van der Waals surface area contributed by atoms with Gasteiger partial charge in [-0.1, -0.05) is 48.5 Å². The number of carboxylic acids is 1. The Bertz CT molecular complexity index is 730. The van der Waals surface area contributed by atoms with Crippen LogP contribution in [-0.4, -0.2) is 29.6 Å². The normalized spacial score (nSPS) is 23.6. The van der Waals surface area contributed by atoms with Gasteiger partial charge in [0.1, 0.15) is 0 Å². The summed E-state index contributed by atoms with van der Waals surface area (Å²) in [7, 11) is 0. The van der Waals surface area contributed by atoms with E-state index in [1.807, 2.05) is 42.5 Å². The molecule has 1 aliphatic heterocycles. The number of nitrogens with one attached hydrogen (secondary N) is 1. The Hall–Kier alpha value is -2.66. The van der Waals surface area contributed by atoms with Gasteiger partial charge in [-0.2, -0.15) is 0 Å². The number of nitrogens with two attached hydrogens (primary N) is 1. The Balaban J connectivity index is 2.08. The molecule has 3 rings (SSSR count).